The molecule has 0 aromatic rings. The molecule has 5 atom stereocenters. The summed E-state index contributed by atoms with van der Waals surface area (Å²) in [5, 5.41) is 5.59. The highest BCUT2D eigenvalue weighted by molar-refractivity contribution is 6.08. The number of carbonyl (C=O) groups excluding carboxylic acids is 3. The summed E-state index contributed by atoms with van der Waals surface area (Å²) in [5.41, 5.74) is -1.09. The Hall–Kier alpha value is -1.63. The molecule has 2 N–H and O–H groups in total. The summed E-state index contributed by atoms with van der Waals surface area (Å²) >= 11 is 0. The fourth-order valence-corrected chi connectivity index (χ4v) is 4.73. The molecular weight excluding hydrogens is 310 g/mol. The summed E-state index contributed by atoms with van der Waals surface area (Å²) in [5.74, 6) is 1.36. The lowest BCUT2D eigenvalue weighted by atomic mass is 9.84. The second kappa shape index (κ2) is 6.35. The highest BCUT2D eigenvalue weighted by Gasteiger charge is 2.48. The average Bonchev–Trinajstić information content (AvgIpc) is 3.18. The molecule has 3 fully saturated rings. The number of imide groups is 1. The fourth-order valence-electron chi connectivity index (χ4n) is 4.73. The van der Waals surface area contributed by atoms with E-state index >= 15 is 0 Å². The Balaban J connectivity index is 1.55. The van der Waals surface area contributed by atoms with Gasteiger partial charge in [-0.15, -0.1) is 0 Å². The first kappa shape index (κ1) is 17.2. The van der Waals surface area contributed by atoms with Crippen molar-refractivity contribution in [2.75, 3.05) is 20.3 Å². The van der Waals surface area contributed by atoms with Gasteiger partial charge in [-0.05, 0) is 50.9 Å². The van der Waals surface area contributed by atoms with Gasteiger partial charge in [0.05, 0.1) is 6.61 Å². The van der Waals surface area contributed by atoms with E-state index in [4.69, 9.17) is 4.74 Å². The zero-order chi connectivity index (χ0) is 17.5. The number of ether oxygens (including phenoxy) is 1. The number of nitrogens with zero attached hydrogens (tertiary/aromatic N) is 1. The third kappa shape index (κ3) is 3.01. The van der Waals surface area contributed by atoms with Gasteiger partial charge >= 0.3 is 6.03 Å². The van der Waals surface area contributed by atoms with Crippen LogP contribution in [-0.4, -0.2) is 54.6 Å². The number of rotatable bonds is 6. The molecule has 2 aliphatic carbocycles. The number of carbonyl (C=O) groups is 3. The van der Waals surface area contributed by atoms with E-state index in [0.29, 0.717) is 11.8 Å². The number of fused-ring (bicyclic) bond motifs is 2. The second-order valence-corrected chi connectivity index (χ2v) is 7.78. The first-order valence-electron chi connectivity index (χ1n) is 8.76. The standard InChI is InChI=1S/C17H27N3O4/c1-10(13-7-11-4-5-12(13)6-11)18-14(21)8-20-15(22)17(2,9-24-3)19-16(20)23/h10-13H,4-9H2,1-3H3,(H,18,21)(H,19,23)/t10-,11-,12-,13+,17-/m0/s1. The normalized spacial score (nSPS) is 36.1. The van der Waals surface area contributed by atoms with Crippen LogP contribution in [0.3, 0.4) is 0 Å². The van der Waals surface area contributed by atoms with E-state index in [2.05, 4.69) is 10.6 Å². The van der Waals surface area contributed by atoms with Crippen LogP contribution in [0.5, 0.6) is 0 Å². The maximum atomic E-state index is 12.4. The van der Waals surface area contributed by atoms with Gasteiger partial charge in [0.1, 0.15) is 12.1 Å². The summed E-state index contributed by atoms with van der Waals surface area (Å²) in [6.07, 6.45) is 5.05. The molecule has 0 radical (unpaired) electrons. The molecule has 134 valence electrons. The van der Waals surface area contributed by atoms with Crippen LogP contribution in [0, 0.1) is 17.8 Å². The van der Waals surface area contributed by atoms with Gasteiger partial charge in [0.2, 0.25) is 5.91 Å². The molecule has 1 heterocycles. The predicted octanol–water partition coefficient (Wildman–Crippen LogP) is 0.884. The molecule has 7 nitrogen and oxygen atoms in total. The van der Waals surface area contributed by atoms with E-state index < -0.39 is 17.5 Å². The van der Waals surface area contributed by atoms with Crippen molar-refractivity contribution in [1.29, 1.82) is 0 Å². The van der Waals surface area contributed by atoms with Crippen LogP contribution >= 0.6 is 0 Å². The molecule has 4 amide bonds. The SMILES string of the molecule is COC[C@]1(C)NC(=O)N(CC(=O)N[C@@H](C)[C@H]2C[C@H]3CC[C@H]2C3)C1=O. The van der Waals surface area contributed by atoms with E-state index in [1.807, 2.05) is 6.92 Å². The molecular formula is C17H27N3O4. The Morgan fingerprint density at radius 3 is 2.75 bits per heavy atom. The van der Waals surface area contributed by atoms with Gasteiger partial charge < -0.3 is 15.4 Å². The first-order valence-corrected chi connectivity index (χ1v) is 8.76. The fraction of sp³-hybridized carbons (Fsp3) is 0.824. The first-order chi connectivity index (χ1) is 11.3. The highest BCUT2D eigenvalue weighted by Crippen LogP contribution is 2.49. The summed E-state index contributed by atoms with van der Waals surface area (Å²) in [6, 6.07) is -0.457. The molecule has 0 aromatic heterocycles. The van der Waals surface area contributed by atoms with Gasteiger partial charge in [-0.1, -0.05) is 6.42 Å². The molecule has 3 aliphatic rings. The average molecular weight is 337 g/mol. The molecule has 1 aliphatic heterocycles. The quantitative estimate of drug-likeness (QED) is 0.705. The Labute approximate surface area is 142 Å². The Morgan fingerprint density at radius 1 is 1.42 bits per heavy atom. The molecule has 7 heteroatoms. The van der Waals surface area contributed by atoms with E-state index in [1.54, 1.807) is 6.92 Å². The molecule has 1 saturated heterocycles. The zero-order valence-corrected chi connectivity index (χ0v) is 14.6. The zero-order valence-electron chi connectivity index (χ0n) is 14.6. The molecule has 0 unspecified atom stereocenters. The van der Waals surface area contributed by atoms with E-state index in [9.17, 15) is 14.4 Å². The van der Waals surface area contributed by atoms with Gasteiger partial charge in [0.15, 0.2) is 0 Å². The number of urea groups is 1. The summed E-state index contributed by atoms with van der Waals surface area (Å²) in [7, 11) is 1.47. The summed E-state index contributed by atoms with van der Waals surface area (Å²) < 4.78 is 5.00. The number of hydrogen-bond acceptors (Lipinski definition) is 4. The Bertz CT molecular complexity index is 552. The van der Waals surface area contributed by atoms with Crippen molar-refractivity contribution >= 4 is 17.8 Å². The van der Waals surface area contributed by atoms with Gasteiger partial charge in [0.25, 0.3) is 5.91 Å². The minimum absolute atomic E-state index is 0.0806. The van der Waals surface area contributed by atoms with Crippen LogP contribution in [0.15, 0.2) is 0 Å². The smallest absolute Gasteiger partial charge is 0.325 e. The third-order valence-electron chi connectivity index (χ3n) is 5.90. The van der Waals surface area contributed by atoms with Crippen molar-refractivity contribution in [2.45, 2.75) is 51.1 Å². The second-order valence-electron chi connectivity index (χ2n) is 7.78. The third-order valence-corrected chi connectivity index (χ3v) is 5.90. The molecule has 0 spiro atoms. The topological polar surface area (TPSA) is 87.7 Å². The lowest BCUT2D eigenvalue weighted by molar-refractivity contribution is -0.136. The van der Waals surface area contributed by atoms with Crippen molar-refractivity contribution in [3.63, 3.8) is 0 Å². The molecule has 24 heavy (non-hydrogen) atoms. The van der Waals surface area contributed by atoms with E-state index in [0.717, 1.165) is 10.8 Å². The minimum Gasteiger partial charge on any atom is -0.382 e. The van der Waals surface area contributed by atoms with Crippen molar-refractivity contribution in [2.24, 2.45) is 17.8 Å². The monoisotopic (exact) mass is 337 g/mol. The van der Waals surface area contributed by atoms with Crippen molar-refractivity contribution in [3.8, 4) is 0 Å². The number of hydrogen-bond donors (Lipinski definition) is 2. The van der Waals surface area contributed by atoms with Gasteiger partial charge in [-0.25, -0.2) is 4.79 Å². The molecule has 2 saturated carbocycles. The van der Waals surface area contributed by atoms with Crippen molar-refractivity contribution in [1.82, 2.24) is 15.5 Å². The number of methoxy groups -OCH3 is 1. The van der Waals surface area contributed by atoms with Crippen LogP contribution in [0.2, 0.25) is 0 Å². The number of amides is 4. The van der Waals surface area contributed by atoms with E-state index in [1.165, 1.54) is 32.8 Å². The lowest BCUT2D eigenvalue weighted by Crippen LogP contribution is -2.49. The minimum atomic E-state index is -1.09. The van der Waals surface area contributed by atoms with Gasteiger partial charge in [-0.2, -0.15) is 0 Å². The van der Waals surface area contributed by atoms with Crippen LogP contribution < -0.4 is 10.6 Å². The molecule has 2 bridgehead atoms. The predicted molar refractivity (Wildman–Crippen MR) is 87.1 cm³/mol. The number of nitrogens with one attached hydrogen (secondary N) is 2. The van der Waals surface area contributed by atoms with E-state index in [-0.39, 0.29) is 25.1 Å². The Kier molecular flexibility index (Phi) is 4.55. The van der Waals surface area contributed by atoms with Crippen LogP contribution in [0.1, 0.15) is 39.5 Å². The maximum absolute atomic E-state index is 12.4. The highest BCUT2D eigenvalue weighted by atomic mass is 16.5. The lowest BCUT2D eigenvalue weighted by Gasteiger charge is -2.29. The largest absolute Gasteiger partial charge is 0.382 e. The van der Waals surface area contributed by atoms with Crippen LogP contribution in [-0.2, 0) is 14.3 Å². The van der Waals surface area contributed by atoms with Crippen molar-refractivity contribution < 1.29 is 19.1 Å². The molecule has 3 rings (SSSR count). The van der Waals surface area contributed by atoms with Crippen LogP contribution in [0.4, 0.5) is 4.79 Å². The Morgan fingerprint density at radius 2 is 2.17 bits per heavy atom. The maximum Gasteiger partial charge on any atom is 0.325 e. The van der Waals surface area contributed by atoms with Crippen LogP contribution in [0.25, 0.3) is 0 Å². The van der Waals surface area contributed by atoms with Crippen molar-refractivity contribution in [3.05, 3.63) is 0 Å². The summed E-state index contributed by atoms with van der Waals surface area (Å²) in [4.78, 5) is 37.7. The molecule has 0 aromatic carbocycles. The van der Waals surface area contributed by atoms with Gasteiger partial charge in [0, 0.05) is 13.2 Å². The summed E-state index contributed by atoms with van der Waals surface area (Å²) in [6.45, 7) is 3.48. The van der Waals surface area contributed by atoms with Gasteiger partial charge in [-0.3, -0.25) is 14.5 Å².